The highest BCUT2D eigenvalue weighted by atomic mass is 16.6. The molecule has 1 saturated heterocycles. The average molecular weight is 364 g/mol. The molecule has 0 aromatic carbocycles. The van der Waals surface area contributed by atoms with E-state index >= 15 is 0 Å². The second kappa shape index (κ2) is 6.54. The Morgan fingerprint density at radius 3 is 2.85 bits per heavy atom. The zero-order valence-electron chi connectivity index (χ0n) is 14.1. The number of aliphatic hydroxyl groups is 3. The minimum Gasteiger partial charge on any atom is -0.466 e. The molecular formula is C16H20N4O6. The molecule has 4 rings (SSSR count). The van der Waals surface area contributed by atoms with Crippen LogP contribution in [0.1, 0.15) is 31.2 Å². The molecule has 2 aromatic heterocycles. The Balaban J connectivity index is 1.64. The lowest BCUT2D eigenvalue weighted by atomic mass is 10.1. The number of esters is 1. The van der Waals surface area contributed by atoms with E-state index in [1.807, 2.05) is 0 Å². The lowest BCUT2D eigenvalue weighted by Crippen LogP contribution is -2.33. The van der Waals surface area contributed by atoms with E-state index in [0.29, 0.717) is 29.9 Å². The summed E-state index contributed by atoms with van der Waals surface area (Å²) in [5.74, 6) is -0.549. The highest BCUT2D eigenvalue weighted by Gasteiger charge is 2.48. The highest BCUT2D eigenvalue weighted by molar-refractivity contribution is 5.81. The Labute approximate surface area is 148 Å². The van der Waals surface area contributed by atoms with Crippen molar-refractivity contribution in [3.63, 3.8) is 0 Å². The van der Waals surface area contributed by atoms with Crippen LogP contribution in [0.25, 0.3) is 11.2 Å². The second-order valence-corrected chi connectivity index (χ2v) is 6.51. The number of fused-ring (bicyclic) bond motifs is 1. The van der Waals surface area contributed by atoms with Crippen LogP contribution in [0.5, 0.6) is 0 Å². The van der Waals surface area contributed by atoms with Crippen molar-refractivity contribution in [2.45, 2.75) is 43.8 Å². The van der Waals surface area contributed by atoms with Gasteiger partial charge in [0.15, 0.2) is 11.9 Å². The number of aliphatic hydroxyl groups excluding tert-OH is 3. The van der Waals surface area contributed by atoms with Crippen molar-refractivity contribution in [2.75, 3.05) is 13.2 Å². The number of hydrogen-bond acceptors (Lipinski definition) is 9. The summed E-state index contributed by atoms with van der Waals surface area (Å²) in [6.07, 6.45) is -0.772. The number of imidazole rings is 1. The monoisotopic (exact) mass is 364 g/mol. The molecule has 1 aliphatic carbocycles. The first kappa shape index (κ1) is 17.3. The minimum atomic E-state index is -1.23. The van der Waals surface area contributed by atoms with Gasteiger partial charge in [0, 0.05) is 5.92 Å². The van der Waals surface area contributed by atoms with Crippen molar-refractivity contribution in [1.29, 1.82) is 0 Å². The summed E-state index contributed by atoms with van der Waals surface area (Å²) in [6.45, 7) is 1.69. The van der Waals surface area contributed by atoms with Crippen LogP contribution in [0.3, 0.4) is 0 Å². The first-order chi connectivity index (χ1) is 12.6. The smallest absolute Gasteiger partial charge is 0.309 e. The first-order valence-corrected chi connectivity index (χ1v) is 8.53. The van der Waals surface area contributed by atoms with Crippen molar-refractivity contribution in [3.8, 4) is 0 Å². The SMILES string of the molecule is CCOC(=O)[C@H]1C[C@@H]1c1ncnc2c1ncn2[C@@H]1O[C@H](CO)[C@@H](O)[C@H]1O. The molecule has 140 valence electrons. The zero-order valence-corrected chi connectivity index (χ0v) is 14.1. The van der Waals surface area contributed by atoms with E-state index in [-0.39, 0.29) is 17.8 Å². The summed E-state index contributed by atoms with van der Waals surface area (Å²) < 4.78 is 12.1. The molecule has 0 radical (unpaired) electrons. The molecule has 6 atom stereocenters. The van der Waals surface area contributed by atoms with Gasteiger partial charge in [-0.15, -0.1) is 0 Å². The fraction of sp³-hybridized carbons (Fsp3) is 0.625. The van der Waals surface area contributed by atoms with Crippen LogP contribution < -0.4 is 0 Å². The number of aromatic nitrogens is 4. The Morgan fingerprint density at radius 2 is 2.15 bits per heavy atom. The minimum absolute atomic E-state index is 0.0758. The molecule has 10 nitrogen and oxygen atoms in total. The predicted octanol–water partition coefficient (Wildman–Crippen LogP) is -0.896. The van der Waals surface area contributed by atoms with E-state index < -0.39 is 31.1 Å². The molecule has 10 heteroatoms. The predicted molar refractivity (Wildman–Crippen MR) is 85.8 cm³/mol. The molecule has 2 aliphatic rings. The van der Waals surface area contributed by atoms with Crippen molar-refractivity contribution in [3.05, 3.63) is 18.3 Å². The number of nitrogens with zero attached hydrogens (tertiary/aromatic N) is 4. The molecule has 3 heterocycles. The molecule has 26 heavy (non-hydrogen) atoms. The molecule has 2 aromatic rings. The molecule has 0 unspecified atom stereocenters. The van der Waals surface area contributed by atoms with Crippen LogP contribution in [-0.2, 0) is 14.3 Å². The van der Waals surface area contributed by atoms with Gasteiger partial charge in [-0.2, -0.15) is 0 Å². The van der Waals surface area contributed by atoms with Gasteiger partial charge in [-0.1, -0.05) is 0 Å². The Kier molecular flexibility index (Phi) is 4.35. The van der Waals surface area contributed by atoms with Crippen molar-refractivity contribution in [2.24, 2.45) is 5.92 Å². The maximum atomic E-state index is 11.9. The van der Waals surface area contributed by atoms with E-state index in [1.165, 1.54) is 17.2 Å². The van der Waals surface area contributed by atoms with E-state index in [0.717, 1.165) is 0 Å². The van der Waals surface area contributed by atoms with E-state index in [2.05, 4.69) is 15.0 Å². The van der Waals surface area contributed by atoms with Crippen LogP contribution in [0.4, 0.5) is 0 Å². The third kappa shape index (κ3) is 2.65. The molecule has 1 saturated carbocycles. The fourth-order valence-corrected chi connectivity index (χ4v) is 3.44. The van der Waals surface area contributed by atoms with Crippen LogP contribution in [0.2, 0.25) is 0 Å². The van der Waals surface area contributed by atoms with E-state index in [4.69, 9.17) is 9.47 Å². The molecule has 1 aliphatic heterocycles. The van der Waals surface area contributed by atoms with E-state index in [1.54, 1.807) is 6.92 Å². The highest BCUT2D eigenvalue weighted by Crippen LogP contribution is 2.49. The van der Waals surface area contributed by atoms with Gasteiger partial charge in [-0.25, -0.2) is 15.0 Å². The quantitative estimate of drug-likeness (QED) is 0.576. The summed E-state index contributed by atoms with van der Waals surface area (Å²) in [5.41, 5.74) is 1.60. The van der Waals surface area contributed by atoms with Gasteiger partial charge >= 0.3 is 5.97 Å². The summed E-state index contributed by atoms with van der Waals surface area (Å²) in [7, 11) is 0. The zero-order chi connectivity index (χ0) is 18.4. The first-order valence-electron chi connectivity index (χ1n) is 8.53. The summed E-state index contributed by atoms with van der Waals surface area (Å²) >= 11 is 0. The third-order valence-electron chi connectivity index (χ3n) is 4.91. The fourth-order valence-electron chi connectivity index (χ4n) is 3.44. The second-order valence-electron chi connectivity index (χ2n) is 6.51. The standard InChI is InChI=1S/C16H20N4O6/c1-2-25-16(24)8-3-7(8)10-11-14(18-5-17-10)20(6-19-11)15-13(23)12(22)9(4-21)26-15/h5-9,12-13,15,21-23H,2-4H2,1H3/t7-,8-,9+,12+,13+,15+/m0/s1. The van der Waals surface area contributed by atoms with Gasteiger partial charge in [0.25, 0.3) is 0 Å². The lowest BCUT2D eigenvalue weighted by molar-refractivity contribution is -0.144. The number of rotatable bonds is 5. The average Bonchev–Trinajstić information content (AvgIpc) is 3.25. The largest absolute Gasteiger partial charge is 0.466 e. The van der Waals surface area contributed by atoms with Crippen molar-refractivity contribution < 1.29 is 29.6 Å². The van der Waals surface area contributed by atoms with Crippen LogP contribution >= 0.6 is 0 Å². The Morgan fingerprint density at radius 1 is 1.35 bits per heavy atom. The normalized spacial score (nSPS) is 33.5. The van der Waals surface area contributed by atoms with Crippen LogP contribution in [0.15, 0.2) is 12.7 Å². The van der Waals surface area contributed by atoms with Gasteiger partial charge in [0.1, 0.15) is 30.2 Å². The lowest BCUT2D eigenvalue weighted by Gasteiger charge is -2.16. The molecular weight excluding hydrogens is 344 g/mol. The van der Waals surface area contributed by atoms with Gasteiger partial charge in [-0.3, -0.25) is 9.36 Å². The molecule has 0 amide bonds. The van der Waals surface area contributed by atoms with Gasteiger partial charge in [0.05, 0.1) is 31.2 Å². The number of ether oxygens (including phenoxy) is 2. The number of hydrogen-bond donors (Lipinski definition) is 3. The Hall–Kier alpha value is -2.14. The molecule has 0 spiro atoms. The summed E-state index contributed by atoms with van der Waals surface area (Å²) in [4.78, 5) is 24.7. The van der Waals surface area contributed by atoms with Crippen molar-refractivity contribution in [1.82, 2.24) is 19.5 Å². The number of carbonyl (C=O) groups excluding carboxylic acids is 1. The van der Waals surface area contributed by atoms with Crippen LogP contribution in [0, 0.1) is 5.92 Å². The summed E-state index contributed by atoms with van der Waals surface area (Å²) in [6, 6.07) is 0. The van der Waals surface area contributed by atoms with E-state index in [9.17, 15) is 20.1 Å². The topological polar surface area (TPSA) is 140 Å². The maximum absolute atomic E-state index is 11.9. The van der Waals surface area contributed by atoms with Crippen LogP contribution in [-0.4, -0.2) is 72.3 Å². The Bertz CT molecular complexity index is 826. The summed E-state index contributed by atoms with van der Waals surface area (Å²) in [5, 5.41) is 29.4. The van der Waals surface area contributed by atoms with Gasteiger partial charge in [0.2, 0.25) is 0 Å². The molecule has 0 bridgehead atoms. The van der Waals surface area contributed by atoms with Gasteiger partial charge < -0.3 is 24.8 Å². The third-order valence-corrected chi connectivity index (χ3v) is 4.91. The molecule has 3 N–H and O–H groups in total. The van der Waals surface area contributed by atoms with Crippen molar-refractivity contribution >= 4 is 17.1 Å². The van der Waals surface area contributed by atoms with Gasteiger partial charge in [-0.05, 0) is 13.3 Å². The molecule has 2 fully saturated rings. The maximum Gasteiger partial charge on any atom is 0.309 e. The number of carbonyl (C=O) groups is 1.